The number of nitrogens with one attached hydrogen (secondary N) is 1. The van der Waals surface area contributed by atoms with Gasteiger partial charge in [-0.3, -0.25) is 9.59 Å². The Labute approximate surface area is 129 Å². The molecule has 0 aromatic heterocycles. The molecule has 2 N–H and O–H groups in total. The summed E-state index contributed by atoms with van der Waals surface area (Å²) in [5, 5.41) is 11.9. The third-order valence-corrected chi connectivity index (χ3v) is 4.34. The van der Waals surface area contributed by atoms with Crippen molar-refractivity contribution in [2.75, 3.05) is 26.5 Å². The molecule has 2 amide bonds. The summed E-state index contributed by atoms with van der Waals surface area (Å²) >= 11 is 1.50. The summed E-state index contributed by atoms with van der Waals surface area (Å²) in [5.74, 6) is -0.427. The highest BCUT2D eigenvalue weighted by Gasteiger charge is 2.19. The minimum atomic E-state index is -0.234. The molecule has 21 heavy (non-hydrogen) atoms. The van der Waals surface area contributed by atoms with Crippen molar-refractivity contribution < 1.29 is 14.7 Å². The van der Waals surface area contributed by atoms with Crippen molar-refractivity contribution in [3.8, 4) is 0 Å². The summed E-state index contributed by atoms with van der Waals surface area (Å²) in [6.07, 6.45) is 1.88. The van der Waals surface area contributed by atoms with E-state index in [2.05, 4.69) is 5.32 Å². The SMILES string of the molecule is CSC(CO)C(C)NC(=O)CN(C)C(=O)c1ccccc1. The van der Waals surface area contributed by atoms with Crippen molar-refractivity contribution in [1.29, 1.82) is 0 Å². The second-order valence-electron chi connectivity index (χ2n) is 4.84. The number of thioether (sulfide) groups is 1. The van der Waals surface area contributed by atoms with Gasteiger partial charge in [-0.15, -0.1) is 0 Å². The predicted molar refractivity (Wildman–Crippen MR) is 85.4 cm³/mol. The molecule has 0 saturated carbocycles. The zero-order valence-corrected chi connectivity index (χ0v) is 13.4. The van der Waals surface area contributed by atoms with Crippen LogP contribution in [0.5, 0.6) is 0 Å². The van der Waals surface area contributed by atoms with E-state index in [-0.39, 0.29) is 36.3 Å². The highest BCUT2D eigenvalue weighted by molar-refractivity contribution is 7.99. The molecule has 1 aromatic carbocycles. The summed E-state index contributed by atoms with van der Waals surface area (Å²) in [4.78, 5) is 25.4. The van der Waals surface area contributed by atoms with Crippen molar-refractivity contribution in [2.24, 2.45) is 0 Å². The van der Waals surface area contributed by atoms with E-state index in [4.69, 9.17) is 0 Å². The minimum Gasteiger partial charge on any atom is -0.395 e. The third kappa shape index (κ3) is 5.40. The molecule has 2 unspecified atom stereocenters. The Bertz CT molecular complexity index is 463. The topological polar surface area (TPSA) is 69.6 Å². The van der Waals surface area contributed by atoms with E-state index in [1.165, 1.54) is 16.7 Å². The quantitative estimate of drug-likeness (QED) is 0.788. The lowest BCUT2D eigenvalue weighted by molar-refractivity contribution is -0.122. The van der Waals surface area contributed by atoms with Crippen LogP contribution in [-0.2, 0) is 4.79 Å². The van der Waals surface area contributed by atoms with E-state index >= 15 is 0 Å². The van der Waals surface area contributed by atoms with Crippen molar-refractivity contribution in [3.63, 3.8) is 0 Å². The van der Waals surface area contributed by atoms with Crippen LogP contribution in [0.2, 0.25) is 0 Å². The Morgan fingerprint density at radius 2 is 1.95 bits per heavy atom. The summed E-state index contributed by atoms with van der Waals surface area (Å²) in [5.41, 5.74) is 0.554. The van der Waals surface area contributed by atoms with Gasteiger partial charge in [-0.25, -0.2) is 0 Å². The van der Waals surface area contributed by atoms with Crippen LogP contribution in [0.1, 0.15) is 17.3 Å². The first-order valence-electron chi connectivity index (χ1n) is 6.73. The zero-order valence-electron chi connectivity index (χ0n) is 12.6. The third-order valence-electron chi connectivity index (χ3n) is 3.18. The highest BCUT2D eigenvalue weighted by Crippen LogP contribution is 2.10. The Kier molecular flexibility index (Phi) is 7.25. The molecular weight excluding hydrogens is 288 g/mol. The van der Waals surface area contributed by atoms with E-state index in [0.29, 0.717) is 5.56 Å². The largest absolute Gasteiger partial charge is 0.395 e. The van der Waals surface area contributed by atoms with Crippen LogP contribution in [0.15, 0.2) is 30.3 Å². The molecule has 0 fully saturated rings. The molecule has 116 valence electrons. The van der Waals surface area contributed by atoms with Crippen LogP contribution in [0.25, 0.3) is 0 Å². The van der Waals surface area contributed by atoms with Gasteiger partial charge in [-0.2, -0.15) is 11.8 Å². The number of carbonyl (C=O) groups excluding carboxylic acids is 2. The van der Waals surface area contributed by atoms with Gasteiger partial charge >= 0.3 is 0 Å². The van der Waals surface area contributed by atoms with E-state index in [1.807, 2.05) is 19.2 Å². The second-order valence-corrected chi connectivity index (χ2v) is 5.92. The minimum absolute atomic E-state index is 0.00139. The van der Waals surface area contributed by atoms with Gasteiger partial charge in [0.25, 0.3) is 5.91 Å². The molecule has 1 rings (SSSR count). The van der Waals surface area contributed by atoms with Gasteiger partial charge in [0.05, 0.1) is 13.2 Å². The van der Waals surface area contributed by atoms with Crippen molar-refractivity contribution in [2.45, 2.75) is 18.2 Å². The smallest absolute Gasteiger partial charge is 0.254 e. The number of likely N-dealkylation sites (N-methyl/N-ethyl adjacent to an activating group) is 1. The standard InChI is InChI=1S/C15H22N2O3S/c1-11(13(10-18)21-3)16-14(19)9-17(2)15(20)12-7-5-4-6-8-12/h4-8,11,13,18H,9-10H2,1-3H3,(H,16,19). The average molecular weight is 310 g/mol. The number of nitrogens with zero attached hydrogens (tertiary/aromatic N) is 1. The van der Waals surface area contributed by atoms with Crippen LogP contribution in [-0.4, -0.2) is 59.6 Å². The van der Waals surface area contributed by atoms with Crippen LogP contribution < -0.4 is 5.32 Å². The lowest BCUT2D eigenvalue weighted by Gasteiger charge is -2.23. The number of carbonyl (C=O) groups is 2. The van der Waals surface area contributed by atoms with E-state index in [9.17, 15) is 14.7 Å². The first kappa shape index (κ1) is 17.5. The summed E-state index contributed by atoms with van der Waals surface area (Å²) in [6.45, 7) is 1.83. The maximum absolute atomic E-state index is 12.1. The Balaban J connectivity index is 2.52. The normalized spacial score (nSPS) is 13.3. The number of hydrogen-bond acceptors (Lipinski definition) is 4. The van der Waals surface area contributed by atoms with Gasteiger partial charge in [0.15, 0.2) is 0 Å². The van der Waals surface area contributed by atoms with Gasteiger partial charge in [0, 0.05) is 23.9 Å². The molecule has 0 aliphatic carbocycles. The van der Waals surface area contributed by atoms with Gasteiger partial charge < -0.3 is 15.3 Å². The highest BCUT2D eigenvalue weighted by atomic mass is 32.2. The fourth-order valence-corrected chi connectivity index (χ4v) is 2.54. The summed E-state index contributed by atoms with van der Waals surface area (Å²) in [7, 11) is 1.59. The maximum Gasteiger partial charge on any atom is 0.254 e. The number of benzene rings is 1. The molecule has 1 aromatic rings. The average Bonchev–Trinajstić information content (AvgIpc) is 2.48. The molecule has 0 saturated heterocycles. The summed E-state index contributed by atoms with van der Waals surface area (Å²) < 4.78 is 0. The lowest BCUT2D eigenvalue weighted by atomic mass is 10.2. The molecule has 0 aliphatic heterocycles. The first-order chi connectivity index (χ1) is 9.99. The van der Waals surface area contributed by atoms with E-state index in [0.717, 1.165) is 0 Å². The number of aliphatic hydroxyl groups excluding tert-OH is 1. The fourth-order valence-electron chi connectivity index (χ4n) is 1.92. The van der Waals surface area contributed by atoms with E-state index < -0.39 is 0 Å². The zero-order chi connectivity index (χ0) is 15.8. The summed E-state index contributed by atoms with van der Waals surface area (Å²) in [6, 6.07) is 8.69. The molecule has 0 radical (unpaired) electrons. The Hall–Kier alpha value is -1.53. The van der Waals surface area contributed by atoms with Gasteiger partial charge in [0.2, 0.25) is 5.91 Å². The van der Waals surface area contributed by atoms with Crippen molar-refractivity contribution >= 4 is 23.6 Å². The van der Waals surface area contributed by atoms with Crippen LogP contribution in [0, 0.1) is 0 Å². The molecule has 0 spiro atoms. The van der Waals surface area contributed by atoms with Crippen molar-refractivity contribution in [3.05, 3.63) is 35.9 Å². The van der Waals surface area contributed by atoms with E-state index in [1.54, 1.807) is 31.3 Å². The van der Waals surface area contributed by atoms with Gasteiger partial charge in [-0.1, -0.05) is 18.2 Å². The molecule has 6 heteroatoms. The Morgan fingerprint density at radius 3 is 2.48 bits per heavy atom. The maximum atomic E-state index is 12.1. The van der Waals surface area contributed by atoms with Gasteiger partial charge in [-0.05, 0) is 25.3 Å². The Morgan fingerprint density at radius 1 is 1.33 bits per heavy atom. The second kappa shape index (κ2) is 8.69. The molecule has 5 nitrogen and oxygen atoms in total. The molecule has 0 aliphatic rings. The van der Waals surface area contributed by atoms with Crippen LogP contribution >= 0.6 is 11.8 Å². The molecule has 0 bridgehead atoms. The predicted octanol–water partition coefficient (Wildman–Crippen LogP) is 0.987. The number of aliphatic hydroxyl groups is 1. The number of hydrogen-bond donors (Lipinski definition) is 2. The van der Waals surface area contributed by atoms with Crippen LogP contribution in [0.4, 0.5) is 0 Å². The molecule has 0 heterocycles. The monoisotopic (exact) mass is 310 g/mol. The van der Waals surface area contributed by atoms with Crippen LogP contribution in [0.3, 0.4) is 0 Å². The fraction of sp³-hybridized carbons (Fsp3) is 0.467. The first-order valence-corrected chi connectivity index (χ1v) is 8.02. The lowest BCUT2D eigenvalue weighted by Crippen LogP contribution is -2.46. The molecular formula is C15H22N2O3S. The molecule has 2 atom stereocenters. The van der Waals surface area contributed by atoms with Gasteiger partial charge in [0.1, 0.15) is 0 Å². The van der Waals surface area contributed by atoms with Crippen molar-refractivity contribution in [1.82, 2.24) is 10.2 Å². The number of rotatable bonds is 7. The number of amides is 2.